The number of hydrogen-bond donors (Lipinski definition) is 0. The molecular weight excluding hydrogens is 1510 g/mol. The lowest BCUT2D eigenvalue weighted by molar-refractivity contribution is 0.669. The molecule has 0 radical (unpaired) electrons. The first kappa shape index (κ1) is 69.3. The van der Waals surface area contributed by atoms with Gasteiger partial charge in [-0.05, 0) is 220 Å². The van der Waals surface area contributed by atoms with E-state index in [0.717, 1.165) is 210 Å². The average Bonchev–Trinajstić information content (AvgIpc) is 1.55. The van der Waals surface area contributed by atoms with Crippen molar-refractivity contribution < 1.29 is 17.7 Å². The summed E-state index contributed by atoms with van der Waals surface area (Å²) >= 11 is 0. The van der Waals surface area contributed by atoms with Crippen molar-refractivity contribution in [2.24, 2.45) is 0 Å². The van der Waals surface area contributed by atoms with Crippen molar-refractivity contribution in [1.29, 1.82) is 0 Å². The van der Waals surface area contributed by atoms with Crippen LogP contribution in [-0.2, 0) is 0 Å². The minimum absolute atomic E-state index is 0.818. The van der Waals surface area contributed by atoms with Crippen LogP contribution >= 0.6 is 0 Å². The van der Waals surface area contributed by atoms with Crippen LogP contribution in [-0.4, -0.2) is 9.13 Å². The maximum Gasteiger partial charge on any atom is 0.143 e. The van der Waals surface area contributed by atoms with E-state index in [-0.39, 0.29) is 0 Å². The summed E-state index contributed by atoms with van der Waals surface area (Å²) < 4.78 is 32.2. The van der Waals surface area contributed by atoms with Crippen molar-refractivity contribution in [1.82, 2.24) is 9.13 Å². The lowest BCUT2D eigenvalue weighted by Gasteiger charge is -2.28. The molecule has 0 amide bonds. The second-order valence-corrected chi connectivity index (χ2v) is 32.4. The van der Waals surface area contributed by atoms with E-state index in [1.54, 1.807) is 0 Å². The number of hydrogen-bond acceptors (Lipinski definition) is 6. The van der Waals surface area contributed by atoms with E-state index in [1.807, 2.05) is 12.1 Å². The predicted molar refractivity (Wildman–Crippen MR) is 516 cm³/mol. The van der Waals surface area contributed by atoms with Crippen LogP contribution in [0.5, 0.6) is 0 Å². The quantitative estimate of drug-likeness (QED) is 0.115. The van der Waals surface area contributed by atoms with E-state index in [4.69, 9.17) is 17.7 Å². The van der Waals surface area contributed by atoms with E-state index >= 15 is 0 Å². The molecule has 0 saturated heterocycles. The minimum atomic E-state index is 0.818. The van der Waals surface area contributed by atoms with Gasteiger partial charge in [0, 0.05) is 126 Å². The molecule has 0 fully saturated rings. The second-order valence-electron chi connectivity index (χ2n) is 32.4. The molecule has 0 saturated carbocycles. The van der Waals surface area contributed by atoms with Gasteiger partial charge in [0.05, 0.1) is 33.4 Å². The first-order valence-electron chi connectivity index (χ1n) is 42.2. The number of para-hydroxylation sites is 8. The van der Waals surface area contributed by atoms with Crippen LogP contribution in [0.4, 0.5) is 34.1 Å². The molecule has 0 atom stereocenters. The van der Waals surface area contributed by atoms with Gasteiger partial charge >= 0.3 is 0 Å². The SMILES string of the molecule is c1ccc(N(c2ccc(-c3ccc4c(c3)oc3c(-c5ccc6c(ccc7c6oc6cccc(-c8ccccc8N(c8ccc(-c9cccc%10oc%11ccccc%11c9%10)cc8)c8ccc(-n9c%10ccccc%10c%10ccccc%109)cc8)c67)c5)cccc34)cc2)c2ccc(-n3c4ccccc4c4ccccc43)cc2)c(-c2cccc3oc4c5ccccc5ccc4c23)c1. The van der Waals surface area contributed by atoms with Gasteiger partial charge < -0.3 is 36.6 Å². The third kappa shape index (κ3) is 10.7. The summed E-state index contributed by atoms with van der Waals surface area (Å²) in [5.74, 6) is 0. The third-order valence-corrected chi connectivity index (χ3v) is 25.7. The van der Waals surface area contributed by atoms with Crippen molar-refractivity contribution in [3.8, 4) is 67.0 Å². The third-order valence-electron chi connectivity index (χ3n) is 25.7. The number of nitrogens with zero attached hydrogens (tertiary/aromatic N) is 4. The molecule has 26 rings (SSSR count). The molecule has 0 aliphatic carbocycles. The predicted octanol–water partition coefficient (Wildman–Crippen LogP) is 33.1. The second kappa shape index (κ2) is 27.4. The van der Waals surface area contributed by atoms with Crippen molar-refractivity contribution in [3.63, 3.8) is 0 Å². The molecule has 8 nitrogen and oxygen atoms in total. The molecule has 578 valence electrons. The standard InChI is InChI=1S/C116H70N4O4/c1-2-22-84-72(21-1)49-67-98-112-94(32-19-43-108(112)122-115(84)98)91-27-7-10-35-100(91)117(79-57-61-81(62-58-79)119-102-37-12-3-23-87(102)88-24-4-13-38-103(88)119)77-53-45-71(46-54-77)74-50-66-93-96-34-17-31-85(114(96)124-110(93)70-74)75-51-65-86-76(69-75)52-68-99-113-95(33-20-44-109(113)123-116(86)99)92-28-8-11-36-101(92)118(78-55-47-73(48-56-78)83-30-18-42-107-111(83)97-29-9-16-41-106(97)121-107)80-59-63-82(64-60-80)120-104-39-14-5-25-89(104)90-26-6-15-40-105(90)120/h1-70H. The average molecular weight is 1580 g/mol. The first-order chi connectivity index (χ1) is 61.5. The molecule has 124 heavy (non-hydrogen) atoms. The van der Waals surface area contributed by atoms with Gasteiger partial charge in [-0.25, -0.2) is 0 Å². The monoisotopic (exact) mass is 1580 g/mol. The Kier molecular flexibility index (Phi) is 15.3. The molecule has 26 aromatic rings. The van der Waals surface area contributed by atoms with Crippen molar-refractivity contribution >= 4 is 187 Å². The van der Waals surface area contributed by atoms with Gasteiger partial charge in [-0.1, -0.05) is 255 Å². The maximum atomic E-state index is 7.12. The van der Waals surface area contributed by atoms with Crippen molar-refractivity contribution in [2.75, 3.05) is 9.80 Å². The summed E-state index contributed by atoms with van der Waals surface area (Å²) in [6, 6.07) is 153. The highest BCUT2D eigenvalue weighted by Gasteiger charge is 2.27. The van der Waals surface area contributed by atoms with E-state index in [2.05, 4.69) is 431 Å². The fourth-order valence-corrected chi connectivity index (χ4v) is 20.1. The fourth-order valence-electron chi connectivity index (χ4n) is 20.1. The molecule has 20 aromatic carbocycles. The lowest BCUT2D eigenvalue weighted by atomic mass is 9.95. The number of fused-ring (bicyclic) bond motifs is 22. The van der Waals surface area contributed by atoms with Gasteiger partial charge in [-0.2, -0.15) is 0 Å². The number of furan rings is 4. The normalized spacial score (nSPS) is 12.0. The van der Waals surface area contributed by atoms with Crippen LogP contribution in [0.3, 0.4) is 0 Å². The van der Waals surface area contributed by atoms with Gasteiger partial charge in [-0.15, -0.1) is 0 Å². The molecule has 0 unspecified atom stereocenters. The molecule has 0 aliphatic rings. The van der Waals surface area contributed by atoms with Gasteiger partial charge in [0.15, 0.2) is 0 Å². The number of rotatable bonds is 13. The van der Waals surface area contributed by atoms with E-state index in [0.29, 0.717) is 0 Å². The zero-order chi connectivity index (χ0) is 81.2. The highest BCUT2D eigenvalue weighted by molar-refractivity contribution is 6.23. The van der Waals surface area contributed by atoms with Crippen LogP contribution < -0.4 is 9.80 Å². The molecule has 0 bridgehead atoms. The summed E-state index contributed by atoms with van der Waals surface area (Å²) in [6.07, 6.45) is 0. The van der Waals surface area contributed by atoms with Crippen LogP contribution in [0.2, 0.25) is 0 Å². The summed E-state index contributed by atoms with van der Waals surface area (Å²) in [5, 5.41) is 17.9. The Morgan fingerprint density at radius 1 is 0.177 bits per heavy atom. The largest absolute Gasteiger partial charge is 0.456 e. The van der Waals surface area contributed by atoms with Crippen LogP contribution in [0, 0.1) is 0 Å². The number of aromatic nitrogens is 2. The Labute approximate surface area is 710 Å². The molecule has 0 N–H and O–H groups in total. The fraction of sp³-hybridized carbons (Fsp3) is 0. The molecular formula is C116H70N4O4. The van der Waals surface area contributed by atoms with E-state index in [1.165, 1.54) is 43.6 Å². The molecule has 6 heterocycles. The molecule has 6 aromatic heterocycles. The van der Waals surface area contributed by atoms with Crippen molar-refractivity contribution in [3.05, 3.63) is 425 Å². The lowest BCUT2D eigenvalue weighted by Crippen LogP contribution is -2.11. The first-order valence-corrected chi connectivity index (χ1v) is 42.2. The summed E-state index contributed by atoms with van der Waals surface area (Å²) in [6.45, 7) is 0. The number of benzene rings is 20. The highest BCUT2D eigenvalue weighted by Crippen LogP contribution is 2.51. The van der Waals surface area contributed by atoms with Gasteiger partial charge in [-0.3, -0.25) is 0 Å². The van der Waals surface area contributed by atoms with Gasteiger partial charge in [0.25, 0.3) is 0 Å². The molecule has 0 spiro atoms. The van der Waals surface area contributed by atoms with Crippen LogP contribution in [0.1, 0.15) is 0 Å². The minimum Gasteiger partial charge on any atom is -0.456 e. The Morgan fingerprint density at radius 3 is 1.10 bits per heavy atom. The topological polar surface area (TPSA) is 68.9 Å². The summed E-state index contributed by atoms with van der Waals surface area (Å²) in [5.41, 5.74) is 30.6. The van der Waals surface area contributed by atoms with Crippen LogP contribution in [0.25, 0.3) is 220 Å². The highest BCUT2D eigenvalue weighted by atomic mass is 16.3. The van der Waals surface area contributed by atoms with Gasteiger partial charge in [0.1, 0.15) is 44.7 Å². The zero-order valence-corrected chi connectivity index (χ0v) is 66.8. The molecule has 8 heteroatoms. The summed E-state index contributed by atoms with van der Waals surface area (Å²) in [7, 11) is 0. The Bertz CT molecular complexity index is 8770. The zero-order valence-electron chi connectivity index (χ0n) is 66.8. The van der Waals surface area contributed by atoms with Crippen molar-refractivity contribution in [2.45, 2.75) is 0 Å². The molecule has 0 aliphatic heterocycles. The Balaban J connectivity index is 0.546. The van der Waals surface area contributed by atoms with Crippen LogP contribution in [0.15, 0.2) is 442 Å². The Hall–Kier alpha value is -16.7. The smallest absolute Gasteiger partial charge is 0.143 e. The summed E-state index contributed by atoms with van der Waals surface area (Å²) in [4.78, 5) is 4.80. The van der Waals surface area contributed by atoms with Gasteiger partial charge in [0.2, 0.25) is 0 Å². The number of anilines is 6. The maximum absolute atomic E-state index is 7.12. The van der Waals surface area contributed by atoms with E-state index < -0.39 is 0 Å². The Morgan fingerprint density at radius 2 is 0.540 bits per heavy atom. The van der Waals surface area contributed by atoms with E-state index in [9.17, 15) is 0 Å².